The average Bonchev–Trinajstić information content (AvgIpc) is 3.53. The van der Waals surface area contributed by atoms with Crippen molar-refractivity contribution in [3.63, 3.8) is 0 Å². The normalized spacial score (nSPS) is 18.3. The first kappa shape index (κ1) is 27.4. The van der Waals surface area contributed by atoms with Crippen molar-refractivity contribution in [2.24, 2.45) is 7.05 Å². The van der Waals surface area contributed by atoms with Gasteiger partial charge in [-0.2, -0.15) is 0 Å². The minimum absolute atomic E-state index is 0.0245. The predicted octanol–water partition coefficient (Wildman–Crippen LogP) is 2.34. The zero-order valence-electron chi connectivity index (χ0n) is 24.0. The fourth-order valence-electron chi connectivity index (χ4n) is 5.75. The van der Waals surface area contributed by atoms with Gasteiger partial charge in [-0.05, 0) is 25.0 Å². The molecule has 2 aliphatic heterocycles. The molecule has 4 aromatic heterocycles. The summed E-state index contributed by atoms with van der Waals surface area (Å²) in [4.78, 5) is 22.1. The van der Waals surface area contributed by atoms with Gasteiger partial charge in [0.2, 0.25) is 5.95 Å². The van der Waals surface area contributed by atoms with Gasteiger partial charge in [0.15, 0.2) is 5.82 Å². The maximum Gasteiger partial charge on any atom is 0.256 e. The summed E-state index contributed by atoms with van der Waals surface area (Å²) in [7, 11) is 3.40. The number of fused-ring (bicyclic) bond motifs is 1. The van der Waals surface area contributed by atoms with E-state index in [1.165, 1.54) is 0 Å². The lowest BCUT2D eigenvalue weighted by Crippen LogP contribution is -2.60. The van der Waals surface area contributed by atoms with E-state index in [-0.39, 0.29) is 6.04 Å². The van der Waals surface area contributed by atoms with Crippen LogP contribution in [-0.4, -0.2) is 109 Å². The van der Waals surface area contributed by atoms with Crippen molar-refractivity contribution in [2.45, 2.75) is 38.6 Å². The molecule has 13 heteroatoms. The van der Waals surface area contributed by atoms with Gasteiger partial charge in [0, 0.05) is 62.8 Å². The minimum atomic E-state index is -0.769. The van der Waals surface area contributed by atoms with Gasteiger partial charge >= 0.3 is 0 Å². The Morgan fingerprint density at radius 3 is 2.73 bits per heavy atom. The first-order valence-electron chi connectivity index (χ1n) is 14.1. The van der Waals surface area contributed by atoms with E-state index in [2.05, 4.69) is 47.4 Å². The summed E-state index contributed by atoms with van der Waals surface area (Å²) < 4.78 is 12.4. The number of pyridine rings is 1. The molecule has 0 amide bonds. The second-order valence-electron chi connectivity index (χ2n) is 10.7. The number of ether oxygens (including phenoxy) is 2. The van der Waals surface area contributed by atoms with Crippen LogP contribution in [0.25, 0.3) is 22.2 Å². The number of aryl methyl sites for hydroxylation is 2. The van der Waals surface area contributed by atoms with Crippen LogP contribution >= 0.6 is 0 Å². The van der Waals surface area contributed by atoms with E-state index in [1.54, 1.807) is 24.2 Å². The van der Waals surface area contributed by atoms with Crippen molar-refractivity contribution in [2.75, 3.05) is 57.1 Å². The van der Waals surface area contributed by atoms with Gasteiger partial charge in [0.1, 0.15) is 11.9 Å². The first-order valence-corrected chi connectivity index (χ1v) is 14.1. The molecule has 2 atom stereocenters. The number of rotatable bonds is 10. The van der Waals surface area contributed by atoms with Crippen LogP contribution in [-0.2, 0) is 11.8 Å². The van der Waals surface area contributed by atoms with Gasteiger partial charge in [-0.25, -0.2) is 15.0 Å². The van der Waals surface area contributed by atoms with Crippen molar-refractivity contribution < 1.29 is 14.6 Å². The Balaban J connectivity index is 1.20. The van der Waals surface area contributed by atoms with E-state index in [9.17, 15) is 5.11 Å². The number of piperazine rings is 1. The lowest BCUT2D eigenvalue weighted by molar-refractivity contribution is -0.0836. The molecular weight excluding hydrogens is 524 g/mol. The van der Waals surface area contributed by atoms with Gasteiger partial charge in [-0.1, -0.05) is 6.92 Å². The number of methoxy groups -OCH3 is 1. The average molecular weight is 563 g/mol. The van der Waals surface area contributed by atoms with E-state index in [0.29, 0.717) is 29.4 Å². The number of hydrogen-bond donors (Lipinski definition) is 4. The molecule has 6 heterocycles. The molecule has 0 saturated carbocycles. The summed E-state index contributed by atoms with van der Waals surface area (Å²) in [6.07, 6.45) is 7.34. The zero-order valence-corrected chi connectivity index (χ0v) is 24.0. The van der Waals surface area contributed by atoms with Crippen molar-refractivity contribution in [1.82, 2.24) is 39.5 Å². The van der Waals surface area contributed by atoms with Crippen LogP contribution in [0.15, 0.2) is 30.9 Å². The summed E-state index contributed by atoms with van der Waals surface area (Å²) in [6, 6.07) is 2.48. The molecular formula is C28H38N10O3. The number of aromatic amines is 1. The number of hydrogen-bond acceptors (Lipinski definition) is 11. The number of aliphatic hydroxyl groups is 1. The zero-order chi connectivity index (χ0) is 28.5. The quantitative estimate of drug-likeness (QED) is 0.212. The van der Waals surface area contributed by atoms with Crippen LogP contribution in [0.4, 0.5) is 17.5 Å². The number of nitrogens with one attached hydrogen (secondary N) is 3. The van der Waals surface area contributed by atoms with Crippen LogP contribution in [0, 0.1) is 6.92 Å². The lowest BCUT2D eigenvalue weighted by Gasteiger charge is -2.45. The highest BCUT2D eigenvalue weighted by Gasteiger charge is 2.33. The van der Waals surface area contributed by atoms with Gasteiger partial charge in [-0.3, -0.25) is 14.5 Å². The molecule has 2 saturated heterocycles. The Labute approximate surface area is 238 Å². The molecule has 2 aliphatic rings. The highest BCUT2D eigenvalue weighted by atomic mass is 16.5. The Morgan fingerprint density at radius 1 is 1.22 bits per heavy atom. The number of H-pyrrole nitrogens is 1. The fraction of sp³-hybridized carbons (Fsp3) is 0.500. The monoisotopic (exact) mass is 562 g/mol. The molecule has 0 aromatic carbocycles. The van der Waals surface area contributed by atoms with Crippen molar-refractivity contribution >= 4 is 28.4 Å². The third kappa shape index (κ3) is 5.45. The topological polar surface area (TPSA) is 142 Å². The van der Waals surface area contributed by atoms with Crippen molar-refractivity contribution in [3.8, 4) is 17.1 Å². The van der Waals surface area contributed by atoms with Gasteiger partial charge < -0.3 is 30.2 Å². The minimum Gasteiger partial charge on any atom is -0.478 e. The summed E-state index contributed by atoms with van der Waals surface area (Å²) >= 11 is 0. The van der Waals surface area contributed by atoms with E-state index in [0.717, 1.165) is 73.5 Å². The Hall–Kier alpha value is -3.78. The molecule has 0 spiro atoms. The van der Waals surface area contributed by atoms with Crippen molar-refractivity contribution in [3.05, 3.63) is 36.4 Å². The summed E-state index contributed by atoms with van der Waals surface area (Å²) in [5, 5.41) is 23.1. The third-order valence-electron chi connectivity index (χ3n) is 8.09. The molecule has 4 aromatic rings. The van der Waals surface area contributed by atoms with Crippen LogP contribution in [0.3, 0.4) is 0 Å². The number of nitrogens with zero attached hydrogens (tertiary/aromatic N) is 7. The number of anilines is 3. The fourth-order valence-corrected chi connectivity index (χ4v) is 5.75. The predicted molar refractivity (Wildman–Crippen MR) is 156 cm³/mol. The highest BCUT2D eigenvalue weighted by molar-refractivity contribution is 6.00. The van der Waals surface area contributed by atoms with Gasteiger partial charge in [0.05, 0.1) is 49.8 Å². The third-order valence-corrected chi connectivity index (χ3v) is 8.09. The second kappa shape index (κ2) is 11.6. The summed E-state index contributed by atoms with van der Waals surface area (Å²) in [6.45, 7) is 9.60. The SMILES string of the molecule is CCC(C(O)Nc1nccc2c(-c3nc(Nc4cn(C)nc4OC)ncc3C)c[nH]c12)N1CCN(C2COC2)CC1. The van der Waals surface area contributed by atoms with E-state index in [4.69, 9.17) is 14.5 Å². The smallest absolute Gasteiger partial charge is 0.256 e. The molecule has 0 aliphatic carbocycles. The van der Waals surface area contributed by atoms with Crippen LogP contribution in [0.2, 0.25) is 0 Å². The molecule has 218 valence electrons. The van der Waals surface area contributed by atoms with Gasteiger partial charge in [-0.15, -0.1) is 5.10 Å². The van der Waals surface area contributed by atoms with E-state index in [1.807, 2.05) is 32.4 Å². The molecule has 0 radical (unpaired) electrons. The Kier molecular flexibility index (Phi) is 7.75. The van der Waals surface area contributed by atoms with Crippen LogP contribution in [0.1, 0.15) is 18.9 Å². The molecule has 0 bridgehead atoms. The van der Waals surface area contributed by atoms with Crippen LogP contribution in [0.5, 0.6) is 5.88 Å². The lowest BCUT2D eigenvalue weighted by atomic mass is 10.1. The molecule has 2 fully saturated rings. The maximum atomic E-state index is 11.3. The molecule has 6 rings (SSSR count). The number of aromatic nitrogens is 6. The Bertz CT molecular complexity index is 1490. The van der Waals surface area contributed by atoms with Crippen LogP contribution < -0.4 is 15.4 Å². The maximum absolute atomic E-state index is 11.3. The van der Waals surface area contributed by atoms with Gasteiger partial charge in [0.25, 0.3) is 5.88 Å². The summed E-state index contributed by atoms with van der Waals surface area (Å²) in [5.74, 6) is 1.51. The first-order chi connectivity index (χ1) is 19.9. The molecule has 41 heavy (non-hydrogen) atoms. The second-order valence-corrected chi connectivity index (χ2v) is 10.7. The molecule has 2 unspecified atom stereocenters. The largest absolute Gasteiger partial charge is 0.478 e. The standard InChI is InChI=1S/C28H38N10O3/c1-5-22(38-10-8-37(9-11-38)18-15-41-16-18)26(39)34-25-24-19(6-7-29-25)20(13-30-24)23-17(2)12-31-28(33-23)32-21-14-36(3)35-27(21)40-4/h6-7,12-14,18,22,26,30,39H,5,8-11,15-16H2,1-4H3,(H,29,34)(H,31,32,33). The van der Waals surface area contributed by atoms with E-state index >= 15 is 0 Å². The Morgan fingerprint density at radius 2 is 2.02 bits per heavy atom. The molecule has 4 N–H and O–H groups in total. The summed E-state index contributed by atoms with van der Waals surface area (Å²) in [5.41, 5.74) is 4.13. The number of aliphatic hydroxyl groups excluding tert-OH is 1. The molecule has 13 nitrogen and oxygen atoms in total. The highest BCUT2D eigenvalue weighted by Crippen LogP contribution is 2.33. The van der Waals surface area contributed by atoms with E-state index < -0.39 is 6.23 Å². The van der Waals surface area contributed by atoms with Crippen molar-refractivity contribution in [1.29, 1.82) is 0 Å².